The van der Waals surface area contributed by atoms with E-state index < -0.39 is 0 Å². The third-order valence-electron chi connectivity index (χ3n) is 2.29. The molecular weight excluding hydrogens is 310 g/mol. The van der Waals surface area contributed by atoms with E-state index in [2.05, 4.69) is 15.3 Å². The van der Waals surface area contributed by atoms with Crippen LogP contribution in [0.3, 0.4) is 0 Å². The Morgan fingerprint density at radius 1 is 1.52 bits per heavy atom. The van der Waals surface area contributed by atoms with E-state index >= 15 is 0 Å². The third-order valence-corrected chi connectivity index (χ3v) is 4.07. The predicted octanol–water partition coefficient (Wildman–Crippen LogP) is 1.30. The van der Waals surface area contributed by atoms with Gasteiger partial charge in [0.05, 0.1) is 12.0 Å². The van der Waals surface area contributed by atoms with E-state index in [0.29, 0.717) is 17.4 Å². The number of carbonyl (C=O) groups excluding carboxylic acids is 1. The highest BCUT2D eigenvalue weighted by Gasteiger charge is 2.07. The number of carbonyl (C=O) groups is 1. The largest absolute Gasteiger partial charge is 0.459 e. The lowest BCUT2D eigenvalue weighted by Crippen LogP contribution is -2.25. The molecule has 0 radical (unpaired) electrons. The van der Waals surface area contributed by atoms with Crippen molar-refractivity contribution >= 4 is 40.1 Å². The van der Waals surface area contributed by atoms with Crippen molar-refractivity contribution in [2.24, 2.45) is 16.5 Å². The maximum atomic E-state index is 11.6. The van der Waals surface area contributed by atoms with Gasteiger partial charge in [-0.1, -0.05) is 0 Å². The second kappa shape index (κ2) is 7.70. The number of aliphatic imine (C=N–C) groups is 1. The Balaban J connectivity index is 1.65. The summed E-state index contributed by atoms with van der Waals surface area (Å²) >= 11 is 3.06. The molecule has 2 heterocycles. The molecule has 2 rings (SSSR count). The molecule has 9 heteroatoms. The van der Waals surface area contributed by atoms with Crippen LogP contribution >= 0.6 is 23.1 Å². The van der Waals surface area contributed by atoms with Crippen LogP contribution in [0.1, 0.15) is 16.2 Å². The van der Waals surface area contributed by atoms with Crippen LogP contribution in [-0.4, -0.2) is 29.1 Å². The zero-order valence-electron chi connectivity index (χ0n) is 11.1. The van der Waals surface area contributed by atoms with Gasteiger partial charge in [0.15, 0.2) is 11.7 Å². The van der Waals surface area contributed by atoms with Gasteiger partial charge in [0.2, 0.25) is 5.13 Å². The van der Waals surface area contributed by atoms with Gasteiger partial charge < -0.3 is 21.2 Å². The van der Waals surface area contributed by atoms with Crippen molar-refractivity contribution in [3.05, 3.63) is 35.2 Å². The number of furan rings is 1. The van der Waals surface area contributed by atoms with Gasteiger partial charge in [0, 0.05) is 23.4 Å². The molecule has 0 unspecified atom stereocenters. The number of thiazole rings is 1. The Bertz CT molecular complexity index is 605. The van der Waals surface area contributed by atoms with Crippen LogP contribution in [0, 0.1) is 0 Å². The van der Waals surface area contributed by atoms with Crippen LogP contribution in [-0.2, 0) is 5.75 Å². The van der Waals surface area contributed by atoms with Crippen LogP contribution in [0.5, 0.6) is 0 Å². The van der Waals surface area contributed by atoms with Crippen LogP contribution in [0.2, 0.25) is 0 Å². The lowest BCUT2D eigenvalue weighted by Gasteiger charge is -2.02. The SMILES string of the molecule is NC(N)=Nc1nc(CSCCNC(=O)c2ccco2)cs1. The summed E-state index contributed by atoms with van der Waals surface area (Å²) in [6.07, 6.45) is 1.47. The Labute approximate surface area is 129 Å². The van der Waals surface area contributed by atoms with E-state index in [1.165, 1.54) is 17.6 Å². The fourth-order valence-corrected chi connectivity index (χ4v) is 2.99. The highest BCUT2D eigenvalue weighted by Crippen LogP contribution is 2.21. The number of amides is 1. The zero-order chi connectivity index (χ0) is 15.1. The predicted molar refractivity (Wildman–Crippen MR) is 84.8 cm³/mol. The van der Waals surface area contributed by atoms with Crippen molar-refractivity contribution in [1.29, 1.82) is 0 Å². The first-order chi connectivity index (χ1) is 10.1. The molecule has 0 aliphatic heterocycles. The molecule has 0 saturated heterocycles. The first-order valence-electron chi connectivity index (χ1n) is 6.08. The fraction of sp³-hybridized carbons (Fsp3) is 0.250. The molecule has 7 nitrogen and oxygen atoms in total. The molecule has 0 atom stereocenters. The normalized spacial score (nSPS) is 10.3. The molecule has 0 aromatic carbocycles. The average molecular weight is 325 g/mol. The van der Waals surface area contributed by atoms with Gasteiger partial charge in [0.1, 0.15) is 0 Å². The molecule has 0 fully saturated rings. The molecule has 1 amide bonds. The molecule has 0 aliphatic carbocycles. The minimum Gasteiger partial charge on any atom is -0.459 e. The van der Waals surface area contributed by atoms with Crippen LogP contribution in [0.25, 0.3) is 0 Å². The summed E-state index contributed by atoms with van der Waals surface area (Å²) in [7, 11) is 0. The minimum atomic E-state index is -0.204. The number of thioether (sulfide) groups is 1. The number of guanidine groups is 1. The number of rotatable bonds is 7. The second-order valence-corrected chi connectivity index (χ2v) is 5.89. The van der Waals surface area contributed by atoms with Crippen molar-refractivity contribution < 1.29 is 9.21 Å². The van der Waals surface area contributed by atoms with Gasteiger partial charge in [-0.2, -0.15) is 16.8 Å². The first kappa shape index (κ1) is 15.4. The summed E-state index contributed by atoms with van der Waals surface area (Å²) in [5.74, 6) is 1.64. The smallest absolute Gasteiger partial charge is 0.287 e. The van der Waals surface area contributed by atoms with Crippen LogP contribution in [0.15, 0.2) is 33.2 Å². The molecule has 0 bridgehead atoms. The summed E-state index contributed by atoms with van der Waals surface area (Å²) < 4.78 is 5.00. The summed E-state index contributed by atoms with van der Waals surface area (Å²) in [5.41, 5.74) is 11.5. The van der Waals surface area contributed by atoms with E-state index in [-0.39, 0.29) is 11.9 Å². The summed E-state index contributed by atoms with van der Waals surface area (Å²) in [5, 5.41) is 5.24. The van der Waals surface area contributed by atoms with Crippen molar-refractivity contribution in [3.63, 3.8) is 0 Å². The van der Waals surface area contributed by atoms with Gasteiger partial charge in [-0.15, -0.1) is 11.3 Å². The second-order valence-electron chi connectivity index (χ2n) is 3.94. The van der Waals surface area contributed by atoms with E-state index in [0.717, 1.165) is 17.2 Å². The van der Waals surface area contributed by atoms with Crippen molar-refractivity contribution in [1.82, 2.24) is 10.3 Å². The number of hydrogen-bond donors (Lipinski definition) is 3. The first-order valence-corrected chi connectivity index (χ1v) is 8.12. The Morgan fingerprint density at radius 2 is 2.38 bits per heavy atom. The minimum absolute atomic E-state index is 0.00388. The fourth-order valence-electron chi connectivity index (χ4n) is 1.43. The van der Waals surface area contributed by atoms with Gasteiger partial charge in [-0.05, 0) is 12.1 Å². The van der Waals surface area contributed by atoms with Crippen molar-refractivity contribution in [2.75, 3.05) is 12.3 Å². The number of nitrogens with two attached hydrogens (primary N) is 2. The van der Waals surface area contributed by atoms with Gasteiger partial charge in [-0.3, -0.25) is 4.79 Å². The van der Waals surface area contributed by atoms with Gasteiger partial charge >= 0.3 is 0 Å². The molecular formula is C12H15N5O2S2. The average Bonchev–Trinajstić information content (AvgIpc) is 3.09. The number of aromatic nitrogens is 1. The summed E-state index contributed by atoms with van der Waals surface area (Å²) in [6, 6.07) is 3.31. The number of nitrogens with one attached hydrogen (secondary N) is 1. The Morgan fingerprint density at radius 3 is 3.10 bits per heavy atom. The molecule has 2 aromatic rings. The Hall–Kier alpha value is -2.00. The molecule has 0 aliphatic rings. The highest BCUT2D eigenvalue weighted by atomic mass is 32.2. The van der Waals surface area contributed by atoms with E-state index in [1.54, 1.807) is 23.9 Å². The van der Waals surface area contributed by atoms with Crippen molar-refractivity contribution in [2.45, 2.75) is 5.75 Å². The third kappa shape index (κ3) is 5.12. The maximum Gasteiger partial charge on any atom is 0.287 e. The number of nitrogens with zero attached hydrogens (tertiary/aromatic N) is 2. The summed E-state index contributed by atoms with van der Waals surface area (Å²) in [4.78, 5) is 19.7. The van der Waals surface area contributed by atoms with E-state index in [4.69, 9.17) is 15.9 Å². The molecule has 5 N–H and O–H groups in total. The summed E-state index contributed by atoms with van der Waals surface area (Å²) in [6.45, 7) is 0.565. The number of hydrogen-bond acceptors (Lipinski definition) is 6. The monoisotopic (exact) mass is 325 g/mol. The molecule has 21 heavy (non-hydrogen) atoms. The van der Waals surface area contributed by atoms with Crippen LogP contribution in [0.4, 0.5) is 5.13 Å². The molecule has 112 valence electrons. The van der Waals surface area contributed by atoms with Crippen molar-refractivity contribution in [3.8, 4) is 0 Å². The van der Waals surface area contributed by atoms with Crippen LogP contribution < -0.4 is 16.8 Å². The lowest BCUT2D eigenvalue weighted by molar-refractivity contribution is 0.0928. The lowest BCUT2D eigenvalue weighted by atomic mass is 10.4. The Kier molecular flexibility index (Phi) is 5.64. The maximum absolute atomic E-state index is 11.6. The zero-order valence-corrected chi connectivity index (χ0v) is 12.7. The molecule has 0 spiro atoms. The van der Waals surface area contributed by atoms with Gasteiger partial charge in [-0.25, -0.2) is 4.98 Å². The van der Waals surface area contributed by atoms with E-state index in [9.17, 15) is 4.79 Å². The topological polar surface area (TPSA) is 120 Å². The highest BCUT2D eigenvalue weighted by molar-refractivity contribution is 7.98. The van der Waals surface area contributed by atoms with E-state index in [1.807, 2.05) is 5.38 Å². The molecule has 0 saturated carbocycles. The standard InChI is InChI=1S/C12H15N5O2S2/c13-11(14)17-12-16-8(7-21-12)6-20-5-3-15-10(18)9-2-1-4-19-9/h1-2,4,7H,3,5-6H2,(H,15,18)(H4,13,14,16,17). The quantitative estimate of drug-likeness (QED) is 0.401. The molecule has 2 aromatic heterocycles. The van der Waals surface area contributed by atoms with Gasteiger partial charge in [0.25, 0.3) is 5.91 Å².